The van der Waals surface area contributed by atoms with E-state index in [2.05, 4.69) is 23.2 Å². The highest BCUT2D eigenvalue weighted by Gasteiger charge is 2.19. The highest BCUT2D eigenvalue weighted by molar-refractivity contribution is 5.65. The summed E-state index contributed by atoms with van der Waals surface area (Å²) in [5.74, 6) is 0.655. The molecule has 0 aliphatic carbocycles. The van der Waals surface area contributed by atoms with Crippen LogP contribution < -0.4 is 10.2 Å². The Morgan fingerprint density at radius 1 is 1.52 bits per heavy atom. The lowest BCUT2D eigenvalue weighted by atomic mass is 9.99. The average molecular weight is 289 g/mol. The number of rotatable bonds is 5. The SMILES string of the molecule is CC1CCCN(c2ccc(NCC(O)CO)cc2C#N)C1. The second kappa shape index (κ2) is 7.30. The molecule has 114 valence electrons. The summed E-state index contributed by atoms with van der Waals surface area (Å²) >= 11 is 0. The van der Waals surface area contributed by atoms with Crippen LogP contribution in [0.5, 0.6) is 0 Å². The third kappa shape index (κ3) is 4.10. The van der Waals surface area contributed by atoms with E-state index >= 15 is 0 Å². The van der Waals surface area contributed by atoms with Gasteiger partial charge in [-0.15, -0.1) is 0 Å². The van der Waals surface area contributed by atoms with Gasteiger partial charge in [0, 0.05) is 25.3 Å². The first kappa shape index (κ1) is 15.6. The summed E-state index contributed by atoms with van der Waals surface area (Å²) in [5, 5.41) is 30.5. The quantitative estimate of drug-likeness (QED) is 0.766. The molecular formula is C16H23N3O2. The van der Waals surface area contributed by atoms with Crippen molar-refractivity contribution < 1.29 is 10.2 Å². The number of anilines is 2. The Balaban J connectivity index is 2.11. The van der Waals surface area contributed by atoms with Crippen LogP contribution in [0.15, 0.2) is 18.2 Å². The number of benzene rings is 1. The van der Waals surface area contributed by atoms with Crippen LogP contribution in [-0.2, 0) is 0 Å². The molecule has 3 N–H and O–H groups in total. The fourth-order valence-corrected chi connectivity index (χ4v) is 2.72. The Kier molecular flexibility index (Phi) is 5.43. The first-order valence-corrected chi connectivity index (χ1v) is 7.46. The lowest BCUT2D eigenvalue weighted by molar-refractivity contribution is 0.105. The Bertz CT molecular complexity index is 513. The second-order valence-corrected chi connectivity index (χ2v) is 5.75. The van der Waals surface area contributed by atoms with Gasteiger partial charge < -0.3 is 20.4 Å². The van der Waals surface area contributed by atoms with Crippen LogP contribution >= 0.6 is 0 Å². The zero-order chi connectivity index (χ0) is 15.2. The van der Waals surface area contributed by atoms with Gasteiger partial charge in [-0.3, -0.25) is 0 Å². The standard InChI is InChI=1S/C16H23N3O2/c1-12-3-2-6-19(10-12)16-5-4-14(7-13(16)8-17)18-9-15(21)11-20/h4-5,7,12,15,18,20-21H,2-3,6,9-11H2,1H3. The van der Waals surface area contributed by atoms with Crippen molar-refractivity contribution in [3.05, 3.63) is 23.8 Å². The number of nitrogens with zero attached hydrogens (tertiary/aromatic N) is 2. The summed E-state index contributed by atoms with van der Waals surface area (Å²) < 4.78 is 0. The highest BCUT2D eigenvalue weighted by Crippen LogP contribution is 2.28. The van der Waals surface area contributed by atoms with E-state index in [1.165, 1.54) is 6.42 Å². The van der Waals surface area contributed by atoms with Gasteiger partial charge in [0.2, 0.25) is 0 Å². The number of nitriles is 1. The lowest BCUT2D eigenvalue weighted by Crippen LogP contribution is -2.34. The first-order valence-electron chi connectivity index (χ1n) is 7.46. The number of piperidine rings is 1. The van der Waals surface area contributed by atoms with Crippen LogP contribution in [0.1, 0.15) is 25.3 Å². The molecule has 2 atom stereocenters. The minimum atomic E-state index is -0.793. The summed E-state index contributed by atoms with van der Waals surface area (Å²) in [5.41, 5.74) is 2.41. The number of aliphatic hydroxyl groups is 2. The molecule has 1 aliphatic rings. The third-order valence-corrected chi connectivity index (χ3v) is 3.87. The summed E-state index contributed by atoms with van der Waals surface area (Å²) in [6, 6.07) is 7.94. The molecule has 0 spiro atoms. The molecule has 0 radical (unpaired) electrons. The van der Waals surface area contributed by atoms with Crippen molar-refractivity contribution >= 4 is 11.4 Å². The molecular weight excluding hydrogens is 266 g/mol. The lowest BCUT2D eigenvalue weighted by Gasteiger charge is -2.33. The minimum absolute atomic E-state index is 0.265. The van der Waals surface area contributed by atoms with Crippen molar-refractivity contribution in [3.63, 3.8) is 0 Å². The van der Waals surface area contributed by atoms with Crippen molar-refractivity contribution in [1.29, 1.82) is 5.26 Å². The van der Waals surface area contributed by atoms with Gasteiger partial charge in [-0.2, -0.15) is 5.26 Å². The van der Waals surface area contributed by atoms with Gasteiger partial charge >= 0.3 is 0 Å². The molecule has 2 unspecified atom stereocenters. The molecule has 0 amide bonds. The van der Waals surface area contributed by atoms with Crippen molar-refractivity contribution in [2.24, 2.45) is 5.92 Å². The maximum atomic E-state index is 9.37. The zero-order valence-corrected chi connectivity index (χ0v) is 12.4. The van der Waals surface area contributed by atoms with E-state index in [0.29, 0.717) is 11.5 Å². The van der Waals surface area contributed by atoms with Crippen LogP contribution in [0, 0.1) is 17.2 Å². The van der Waals surface area contributed by atoms with Crippen LogP contribution in [0.4, 0.5) is 11.4 Å². The van der Waals surface area contributed by atoms with E-state index in [0.717, 1.165) is 30.9 Å². The zero-order valence-electron chi connectivity index (χ0n) is 12.4. The predicted molar refractivity (Wildman–Crippen MR) is 83.4 cm³/mol. The average Bonchev–Trinajstić information content (AvgIpc) is 2.52. The molecule has 1 aliphatic heterocycles. The monoisotopic (exact) mass is 289 g/mol. The smallest absolute Gasteiger partial charge is 0.101 e. The first-order chi connectivity index (χ1) is 10.1. The molecule has 5 nitrogen and oxygen atoms in total. The van der Waals surface area contributed by atoms with E-state index in [1.807, 2.05) is 12.1 Å². The van der Waals surface area contributed by atoms with Gasteiger partial charge in [0.25, 0.3) is 0 Å². The molecule has 21 heavy (non-hydrogen) atoms. The number of aliphatic hydroxyl groups excluding tert-OH is 2. The molecule has 1 aromatic rings. The molecule has 1 fully saturated rings. The number of hydrogen-bond acceptors (Lipinski definition) is 5. The maximum absolute atomic E-state index is 9.37. The normalized spacial score (nSPS) is 19.9. The molecule has 1 aromatic carbocycles. The molecule has 0 aromatic heterocycles. The Morgan fingerprint density at radius 3 is 3.00 bits per heavy atom. The minimum Gasteiger partial charge on any atom is -0.394 e. The summed E-state index contributed by atoms with van der Waals surface area (Å²) in [6.45, 7) is 4.22. The van der Waals surface area contributed by atoms with Gasteiger partial charge in [0.05, 0.1) is 24.0 Å². The van der Waals surface area contributed by atoms with E-state index in [9.17, 15) is 10.4 Å². The topological polar surface area (TPSA) is 79.5 Å². The molecule has 0 saturated carbocycles. The van der Waals surface area contributed by atoms with Crippen molar-refractivity contribution in [1.82, 2.24) is 0 Å². The van der Waals surface area contributed by atoms with E-state index in [-0.39, 0.29) is 13.2 Å². The van der Waals surface area contributed by atoms with Gasteiger partial charge in [0.1, 0.15) is 6.07 Å². The Labute approximate surface area is 125 Å². The number of hydrogen-bond donors (Lipinski definition) is 3. The van der Waals surface area contributed by atoms with Gasteiger partial charge in [-0.05, 0) is 37.0 Å². The number of nitrogens with one attached hydrogen (secondary N) is 1. The summed E-state index contributed by atoms with van der Waals surface area (Å²) in [7, 11) is 0. The van der Waals surface area contributed by atoms with Gasteiger partial charge in [0.15, 0.2) is 0 Å². The van der Waals surface area contributed by atoms with Gasteiger partial charge in [-0.25, -0.2) is 0 Å². The Hall–Kier alpha value is -1.77. The molecule has 1 heterocycles. The van der Waals surface area contributed by atoms with Crippen LogP contribution in [0.2, 0.25) is 0 Å². The van der Waals surface area contributed by atoms with Crippen molar-refractivity contribution in [2.75, 3.05) is 36.5 Å². The summed E-state index contributed by atoms with van der Waals surface area (Å²) in [4.78, 5) is 2.28. The van der Waals surface area contributed by atoms with Crippen LogP contribution in [0.25, 0.3) is 0 Å². The molecule has 0 bridgehead atoms. The van der Waals surface area contributed by atoms with Crippen molar-refractivity contribution in [3.8, 4) is 6.07 Å². The fraction of sp³-hybridized carbons (Fsp3) is 0.562. The largest absolute Gasteiger partial charge is 0.394 e. The van der Waals surface area contributed by atoms with E-state index in [4.69, 9.17) is 5.11 Å². The molecule has 5 heteroatoms. The predicted octanol–water partition coefficient (Wildman–Crippen LogP) is 1.56. The second-order valence-electron chi connectivity index (χ2n) is 5.75. The molecule has 2 rings (SSSR count). The Morgan fingerprint density at radius 2 is 2.33 bits per heavy atom. The maximum Gasteiger partial charge on any atom is 0.101 e. The summed E-state index contributed by atoms with van der Waals surface area (Å²) in [6.07, 6.45) is 1.62. The fourth-order valence-electron chi connectivity index (χ4n) is 2.72. The van der Waals surface area contributed by atoms with Gasteiger partial charge in [-0.1, -0.05) is 6.92 Å². The molecule has 1 saturated heterocycles. The van der Waals surface area contributed by atoms with E-state index < -0.39 is 6.10 Å². The third-order valence-electron chi connectivity index (χ3n) is 3.87. The van der Waals surface area contributed by atoms with Crippen LogP contribution in [-0.4, -0.2) is 42.6 Å². The van der Waals surface area contributed by atoms with Crippen molar-refractivity contribution in [2.45, 2.75) is 25.9 Å². The highest BCUT2D eigenvalue weighted by atomic mass is 16.3. The van der Waals surface area contributed by atoms with Crippen LogP contribution in [0.3, 0.4) is 0 Å². The van der Waals surface area contributed by atoms with E-state index in [1.54, 1.807) is 6.07 Å².